The Balaban J connectivity index is 3.24. The van der Waals surface area contributed by atoms with Gasteiger partial charge in [-0.2, -0.15) is 5.26 Å². The minimum absolute atomic E-state index is 0.138. The van der Waals surface area contributed by atoms with Crippen LogP contribution in [0.1, 0.15) is 20.8 Å². The Bertz CT molecular complexity index is 169. The maximum atomic E-state index is 8.33. The third-order valence-electron chi connectivity index (χ3n) is 1.23. The zero-order chi connectivity index (χ0) is 10.3. The highest BCUT2D eigenvalue weighted by molar-refractivity contribution is 4.85. The molecule has 76 valence electrons. The van der Waals surface area contributed by atoms with E-state index in [1.165, 1.54) is 0 Å². The summed E-state index contributed by atoms with van der Waals surface area (Å²) in [6.07, 6.45) is 0. The highest BCUT2D eigenvalue weighted by atomic mass is 16.5. The molecule has 1 unspecified atom stereocenters. The van der Waals surface area contributed by atoms with Crippen LogP contribution in [0.2, 0.25) is 0 Å². The molecule has 0 saturated heterocycles. The van der Waals surface area contributed by atoms with Crippen LogP contribution >= 0.6 is 0 Å². The van der Waals surface area contributed by atoms with Crippen molar-refractivity contribution in [1.82, 2.24) is 0 Å². The van der Waals surface area contributed by atoms with E-state index in [-0.39, 0.29) is 12.2 Å². The van der Waals surface area contributed by atoms with Gasteiger partial charge in [-0.25, -0.2) is 0 Å². The average molecular weight is 186 g/mol. The summed E-state index contributed by atoms with van der Waals surface area (Å²) in [5, 5.41) is 8.33. The Morgan fingerprint density at radius 2 is 2.00 bits per heavy atom. The zero-order valence-electron chi connectivity index (χ0n) is 8.54. The quantitative estimate of drug-likeness (QED) is 0.641. The fourth-order valence-corrected chi connectivity index (χ4v) is 0.654. The summed E-state index contributed by atoms with van der Waals surface area (Å²) in [5.41, 5.74) is 5.18. The summed E-state index contributed by atoms with van der Waals surface area (Å²) in [6, 6.07) is 1.35. The first-order valence-electron chi connectivity index (χ1n) is 4.32. The topological polar surface area (TPSA) is 68.3 Å². The van der Waals surface area contributed by atoms with Gasteiger partial charge in [0, 0.05) is 0 Å². The molecule has 0 spiro atoms. The van der Waals surface area contributed by atoms with Gasteiger partial charge in [-0.15, -0.1) is 0 Å². The molecule has 2 N–H and O–H groups in total. The molecule has 0 heterocycles. The molecule has 0 saturated carbocycles. The normalized spacial score (nSPS) is 13.8. The number of ether oxygens (including phenoxy) is 2. The molecule has 0 aromatic carbocycles. The molecule has 1 atom stereocenters. The number of hydrogen-bond acceptors (Lipinski definition) is 4. The van der Waals surface area contributed by atoms with Crippen LogP contribution in [0.3, 0.4) is 0 Å². The van der Waals surface area contributed by atoms with Crippen molar-refractivity contribution < 1.29 is 9.47 Å². The highest BCUT2D eigenvalue weighted by Crippen LogP contribution is 2.05. The predicted octanol–water partition coefficient (Wildman–Crippen LogP) is 0.669. The van der Waals surface area contributed by atoms with Crippen molar-refractivity contribution in [1.29, 1.82) is 5.26 Å². The van der Waals surface area contributed by atoms with E-state index < -0.39 is 6.04 Å². The van der Waals surface area contributed by atoms with Crippen molar-refractivity contribution in [3.8, 4) is 6.07 Å². The molecule has 0 aliphatic rings. The van der Waals surface area contributed by atoms with Gasteiger partial charge < -0.3 is 15.2 Å². The van der Waals surface area contributed by atoms with Gasteiger partial charge in [-0.3, -0.25) is 0 Å². The van der Waals surface area contributed by atoms with Crippen molar-refractivity contribution in [2.24, 2.45) is 5.73 Å². The standard InChI is InChI=1S/C9H18N2O2/c1-9(2,3)13-5-4-12-7-8(11)6-10/h8H,4-5,7,11H2,1-3H3. The molecular weight excluding hydrogens is 168 g/mol. The monoisotopic (exact) mass is 186 g/mol. The molecule has 4 heteroatoms. The van der Waals surface area contributed by atoms with E-state index in [1.54, 1.807) is 0 Å². The molecule has 0 bridgehead atoms. The lowest BCUT2D eigenvalue weighted by atomic mass is 10.2. The fourth-order valence-electron chi connectivity index (χ4n) is 0.654. The van der Waals surface area contributed by atoms with Crippen molar-refractivity contribution in [3.63, 3.8) is 0 Å². The van der Waals surface area contributed by atoms with Gasteiger partial charge in [0.15, 0.2) is 0 Å². The zero-order valence-corrected chi connectivity index (χ0v) is 8.54. The fraction of sp³-hybridized carbons (Fsp3) is 0.889. The van der Waals surface area contributed by atoms with E-state index in [2.05, 4.69) is 0 Å². The molecule has 13 heavy (non-hydrogen) atoms. The number of rotatable bonds is 5. The van der Waals surface area contributed by atoms with Gasteiger partial charge in [0.1, 0.15) is 6.04 Å². The lowest BCUT2D eigenvalue weighted by molar-refractivity contribution is -0.0350. The highest BCUT2D eigenvalue weighted by Gasteiger charge is 2.09. The molecule has 0 amide bonds. The predicted molar refractivity (Wildman–Crippen MR) is 50.1 cm³/mol. The molecule has 0 aromatic heterocycles. The summed E-state index contributed by atoms with van der Waals surface area (Å²) >= 11 is 0. The van der Waals surface area contributed by atoms with Crippen molar-refractivity contribution in [3.05, 3.63) is 0 Å². The lowest BCUT2D eigenvalue weighted by Gasteiger charge is -2.19. The Hall–Kier alpha value is -0.630. The molecule has 0 rings (SSSR count). The molecule has 4 nitrogen and oxygen atoms in total. The summed E-state index contributed by atoms with van der Waals surface area (Å²) < 4.78 is 10.5. The first kappa shape index (κ1) is 12.4. The van der Waals surface area contributed by atoms with Crippen LogP contribution in [-0.4, -0.2) is 31.5 Å². The van der Waals surface area contributed by atoms with E-state index in [4.69, 9.17) is 20.5 Å². The van der Waals surface area contributed by atoms with Crippen LogP contribution in [0.5, 0.6) is 0 Å². The molecule has 0 radical (unpaired) electrons. The van der Waals surface area contributed by atoms with Gasteiger partial charge in [-0.1, -0.05) is 0 Å². The molecule has 0 aliphatic heterocycles. The summed E-state index contributed by atoms with van der Waals surface area (Å²) in [7, 11) is 0. The van der Waals surface area contributed by atoms with Crippen molar-refractivity contribution >= 4 is 0 Å². The Labute approximate surface area is 79.6 Å². The lowest BCUT2D eigenvalue weighted by Crippen LogP contribution is -2.26. The largest absolute Gasteiger partial charge is 0.376 e. The van der Waals surface area contributed by atoms with Gasteiger partial charge in [-0.05, 0) is 20.8 Å². The third-order valence-corrected chi connectivity index (χ3v) is 1.23. The Morgan fingerprint density at radius 3 is 2.46 bits per heavy atom. The Kier molecular flexibility index (Phi) is 5.63. The first-order valence-corrected chi connectivity index (χ1v) is 4.32. The van der Waals surface area contributed by atoms with Gasteiger partial charge >= 0.3 is 0 Å². The minimum atomic E-state index is -0.533. The van der Waals surface area contributed by atoms with Gasteiger partial charge in [0.25, 0.3) is 0 Å². The number of nitriles is 1. The Morgan fingerprint density at radius 1 is 1.38 bits per heavy atom. The number of nitrogens with zero attached hydrogens (tertiary/aromatic N) is 1. The van der Waals surface area contributed by atoms with Crippen LogP contribution in [0, 0.1) is 11.3 Å². The average Bonchev–Trinajstić information content (AvgIpc) is 2.01. The minimum Gasteiger partial charge on any atom is -0.376 e. The third kappa shape index (κ3) is 9.28. The number of hydrogen-bond donors (Lipinski definition) is 1. The summed E-state index contributed by atoms with van der Waals surface area (Å²) in [4.78, 5) is 0. The van der Waals surface area contributed by atoms with Gasteiger partial charge in [0.05, 0.1) is 31.5 Å². The van der Waals surface area contributed by atoms with E-state index in [0.717, 1.165) is 0 Å². The SMILES string of the molecule is CC(C)(C)OCCOCC(N)C#N. The first-order chi connectivity index (χ1) is 5.95. The maximum absolute atomic E-state index is 8.33. The van der Waals surface area contributed by atoms with E-state index in [0.29, 0.717) is 13.2 Å². The molecular formula is C9H18N2O2. The number of nitrogens with two attached hydrogens (primary N) is 1. The van der Waals surface area contributed by atoms with Crippen LogP contribution < -0.4 is 5.73 Å². The molecule has 0 aliphatic carbocycles. The smallest absolute Gasteiger partial charge is 0.116 e. The second-order valence-electron chi connectivity index (χ2n) is 3.77. The van der Waals surface area contributed by atoms with Crippen LogP contribution in [0.4, 0.5) is 0 Å². The van der Waals surface area contributed by atoms with E-state index in [1.807, 2.05) is 26.8 Å². The van der Waals surface area contributed by atoms with Crippen LogP contribution in [0.25, 0.3) is 0 Å². The summed E-state index contributed by atoms with van der Waals surface area (Å²) in [5.74, 6) is 0. The van der Waals surface area contributed by atoms with E-state index in [9.17, 15) is 0 Å². The van der Waals surface area contributed by atoms with Crippen molar-refractivity contribution in [2.75, 3.05) is 19.8 Å². The van der Waals surface area contributed by atoms with Crippen molar-refractivity contribution in [2.45, 2.75) is 32.4 Å². The summed E-state index contributed by atoms with van der Waals surface area (Å²) in [6.45, 7) is 7.22. The second-order valence-corrected chi connectivity index (χ2v) is 3.77. The van der Waals surface area contributed by atoms with Crippen LogP contribution in [-0.2, 0) is 9.47 Å². The maximum Gasteiger partial charge on any atom is 0.116 e. The van der Waals surface area contributed by atoms with E-state index >= 15 is 0 Å². The van der Waals surface area contributed by atoms with Gasteiger partial charge in [0.2, 0.25) is 0 Å². The van der Waals surface area contributed by atoms with Crippen LogP contribution in [0.15, 0.2) is 0 Å². The molecule has 0 fully saturated rings. The second kappa shape index (κ2) is 5.92. The molecule has 0 aromatic rings.